The van der Waals surface area contributed by atoms with Crippen LogP contribution in [0.1, 0.15) is 0 Å². The molecule has 19 heavy (non-hydrogen) atoms. The molecule has 0 unspecified atom stereocenters. The van der Waals surface area contributed by atoms with Gasteiger partial charge in [0.1, 0.15) is 10.6 Å². The van der Waals surface area contributed by atoms with Gasteiger partial charge in [0.2, 0.25) is 10.0 Å². The standard InChI is InChI=1S/C11H15BrN2O3S.ClH/c1-14(9-6-13-7-9)18(15,16)11-5-8(12)3-4-10(11)17-2;/h3-5,9,13H,6-7H2,1-2H3;1H. The van der Waals surface area contributed by atoms with E-state index in [0.717, 1.165) is 0 Å². The molecule has 1 aromatic carbocycles. The van der Waals surface area contributed by atoms with Crippen molar-refractivity contribution in [2.45, 2.75) is 10.9 Å². The number of halogens is 2. The fraction of sp³-hybridized carbons (Fsp3) is 0.455. The van der Waals surface area contributed by atoms with Crippen molar-refractivity contribution in [3.63, 3.8) is 0 Å². The van der Waals surface area contributed by atoms with Gasteiger partial charge in [-0.25, -0.2) is 8.42 Å². The molecule has 1 aliphatic heterocycles. The number of sulfonamides is 1. The predicted octanol–water partition coefficient (Wildman–Crippen LogP) is 1.47. The smallest absolute Gasteiger partial charge is 0.246 e. The summed E-state index contributed by atoms with van der Waals surface area (Å²) in [6.45, 7) is 1.37. The van der Waals surface area contributed by atoms with E-state index in [0.29, 0.717) is 23.3 Å². The molecule has 1 N–H and O–H groups in total. The third-order valence-corrected chi connectivity index (χ3v) is 5.48. The maximum atomic E-state index is 12.5. The molecule has 0 atom stereocenters. The SMILES string of the molecule is COc1ccc(Br)cc1S(=O)(=O)N(C)C1CNC1.Cl. The molecule has 1 heterocycles. The lowest BCUT2D eigenvalue weighted by atomic mass is 10.2. The van der Waals surface area contributed by atoms with Gasteiger partial charge in [0.05, 0.1) is 7.11 Å². The van der Waals surface area contributed by atoms with E-state index in [1.54, 1.807) is 25.2 Å². The van der Waals surface area contributed by atoms with Crippen LogP contribution in [0.5, 0.6) is 5.75 Å². The van der Waals surface area contributed by atoms with Crippen LogP contribution in [0.4, 0.5) is 0 Å². The molecule has 0 aliphatic carbocycles. The van der Waals surface area contributed by atoms with E-state index in [9.17, 15) is 8.42 Å². The summed E-state index contributed by atoms with van der Waals surface area (Å²) in [5, 5.41) is 3.06. The van der Waals surface area contributed by atoms with Gasteiger partial charge in [-0.2, -0.15) is 4.31 Å². The maximum absolute atomic E-state index is 12.5. The average Bonchev–Trinajstić information content (AvgIpc) is 2.26. The molecule has 108 valence electrons. The van der Waals surface area contributed by atoms with Gasteiger partial charge in [-0.15, -0.1) is 12.4 Å². The largest absolute Gasteiger partial charge is 0.495 e. The molecule has 1 fully saturated rings. The summed E-state index contributed by atoms with van der Waals surface area (Å²) in [5.41, 5.74) is 0. The Balaban J connectivity index is 0.00000180. The molecule has 1 saturated heterocycles. The van der Waals surface area contributed by atoms with Gasteiger partial charge >= 0.3 is 0 Å². The Hall–Kier alpha value is -0.340. The van der Waals surface area contributed by atoms with Gasteiger partial charge in [-0.3, -0.25) is 0 Å². The molecule has 0 bridgehead atoms. The lowest BCUT2D eigenvalue weighted by molar-refractivity contribution is 0.273. The molecule has 2 rings (SSSR count). The number of nitrogens with one attached hydrogen (secondary N) is 1. The fourth-order valence-electron chi connectivity index (χ4n) is 1.73. The van der Waals surface area contributed by atoms with Gasteiger partial charge in [0, 0.05) is 30.7 Å². The van der Waals surface area contributed by atoms with Gasteiger partial charge in [-0.1, -0.05) is 15.9 Å². The molecule has 8 heteroatoms. The van der Waals surface area contributed by atoms with Gasteiger partial charge < -0.3 is 10.1 Å². The van der Waals surface area contributed by atoms with Crippen LogP contribution in [0, 0.1) is 0 Å². The number of ether oxygens (including phenoxy) is 1. The first-order valence-electron chi connectivity index (χ1n) is 5.49. The van der Waals surface area contributed by atoms with Crippen LogP contribution >= 0.6 is 28.3 Å². The first kappa shape index (κ1) is 16.7. The summed E-state index contributed by atoms with van der Waals surface area (Å²) >= 11 is 3.28. The molecular formula is C11H16BrClN2O3S. The van der Waals surface area contributed by atoms with Crippen LogP contribution in [0.15, 0.2) is 27.6 Å². The Morgan fingerprint density at radius 3 is 2.53 bits per heavy atom. The Morgan fingerprint density at radius 2 is 2.05 bits per heavy atom. The van der Waals surface area contributed by atoms with E-state index in [2.05, 4.69) is 21.2 Å². The van der Waals surface area contributed by atoms with Crippen LogP contribution in [-0.4, -0.2) is 46.0 Å². The van der Waals surface area contributed by atoms with E-state index in [-0.39, 0.29) is 23.3 Å². The van der Waals surface area contributed by atoms with Crippen molar-refractivity contribution < 1.29 is 13.2 Å². The summed E-state index contributed by atoms with van der Waals surface area (Å²) in [7, 11) is -0.462. The van der Waals surface area contributed by atoms with Crippen LogP contribution in [0.3, 0.4) is 0 Å². The van der Waals surface area contributed by atoms with Crippen LogP contribution in [-0.2, 0) is 10.0 Å². The third-order valence-electron chi connectivity index (χ3n) is 3.06. The minimum absolute atomic E-state index is 0. The second kappa shape index (κ2) is 6.41. The van der Waals surface area contributed by atoms with Crippen molar-refractivity contribution in [3.8, 4) is 5.75 Å². The first-order valence-corrected chi connectivity index (χ1v) is 7.72. The summed E-state index contributed by atoms with van der Waals surface area (Å²) in [6.07, 6.45) is 0. The van der Waals surface area contributed by atoms with Crippen molar-refractivity contribution in [2.75, 3.05) is 27.2 Å². The molecule has 0 aromatic heterocycles. The number of methoxy groups -OCH3 is 1. The first-order chi connectivity index (χ1) is 8.46. The number of likely N-dealkylation sites (N-methyl/N-ethyl adjacent to an activating group) is 1. The lowest BCUT2D eigenvalue weighted by Crippen LogP contribution is -2.57. The zero-order valence-corrected chi connectivity index (χ0v) is 13.8. The molecule has 5 nitrogen and oxygen atoms in total. The van der Waals surface area contributed by atoms with Crippen molar-refractivity contribution in [1.82, 2.24) is 9.62 Å². The minimum atomic E-state index is -3.53. The van der Waals surface area contributed by atoms with E-state index < -0.39 is 10.0 Å². The lowest BCUT2D eigenvalue weighted by Gasteiger charge is -2.34. The monoisotopic (exact) mass is 370 g/mol. The number of nitrogens with zero attached hydrogens (tertiary/aromatic N) is 1. The van der Waals surface area contributed by atoms with E-state index in [1.807, 2.05) is 0 Å². The Kier molecular flexibility index (Phi) is 5.64. The summed E-state index contributed by atoms with van der Waals surface area (Å²) in [6, 6.07) is 4.97. The zero-order chi connectivity index (χ0) is 13.3. The molecule has 0 amide bonds. The number of hydrogen-bond donors (Lipinski definition) is 1. The summed E-state index contributed by atoms with van der Waals surface area (Å²) in [5.74, 6) is 0.359. The van der Waals surface area contributed by atoms with Crippen LogP contribution in [0.25, 0.3) is 0 Å². The molecule has 0 saturated carbocycles. The number of rotatable bonds is 4. The quantitative estimate of drug-likeness (QED) is 0.871. The highest BCUT2D eigenvalue weighted by atomic mass is 79.9. The Morgan fingerprint density at radius 1 is 1.42 bits per heavy atom. The van der Waals surface area contributed by atoms with E-state index >= 15 is 0 Å². The second-order valence-electron chi connectivity index (χ2n) is 4.13. The maximum Gasteiger partial charge on any atom is 0.246 e. The minimum Gasteiger partial charge on any atom is -0.495 e. The second-order valence-corrected chi connectivity index (χ2v) is 7.01. The van der Waals surface area contributed by atoms with Gasteiger partial charge in [-0.05, 0) is 18.2 Å². The molecule has 0 spiro atoms. The highest BCUT2D eigenvalue weighted by Gasteiger charge is 2.33. The number of benzene rings is 1. The normalized spacial score (nSPS) is 15.8. The van der Waals surface area contributed by atoms with Gasteiger partial charge in [0.25, 0.3) is 0 Å². The van der Waals surface area contributed by atoms with E-state index in [4.69, 9.17) is 4.74 Å². The Bertz CT molecular complexity index is 549. The molecule has 1 aliphatic rings. The van der Waals surface area contributed by atoms with E-state index in [1.165, 1.54) is 11.4 Å². The highest BCUT2D eigenvalue weighted by molar-refractivity contribution is 9.10. The fourth-order valence-corrected chi connectivity index (χ4v) is 3.78. The van der Waals surface area contributed by atoms with Crippen molar-refractivity contribution in [1.29, 1.82) is 0 Å². The zero-order valence-electron chi connectivity index (χ0n) is 10.6. The highest BCUT2D eigenvalue weighted by Crippen LogP contribution is 2.30. The number of hydrogen-bond acceptors (Lipinski definition) is 4. The van der Waals surface area contributed by atoms with Crippen LogP contribution < -0.4 is 10.1 Å². The Labute approximate surface area is 127 Å². The topological polar surface area (TPSA) is 58.6 Å². The van der Waals surface area contributed by atoms with Crippen molar-refractivity contribution in [3.05, 3.63) is 22.7 Å². The summed E-state index contributed by atoms with van der Waals surface area (Å²) < 4.78 is 32.2. The molecule has 0 radical (unpaired) electrons. The van der Waals surface area contributed by atoms with Crippen molar-refractivity contribution in [2.24, 2.45) is 0 Å². The summed E-state index contributed by atoms with van der Waals surface area (Å²) in [4.78, 5) is 0.189. The predicted molar refractivity (Wildman–Crippen MR) is 79.5 cm³/mol. The molecular weight excluding hydrogens is 356 g/mol. The van der Waals surface area contributed by atoms with Crippen LogP contribution in [0.2, 0.25) is 0 Å². The van der Waals surface area contributed by atoms with Gasteiger partial charge in [0.15, 0.2) is 0 Å². The third kappa shape index (κ3) is 3.22. The average molecular weight is 372 g/mol. The van der Waals surface area contributed by atoms with Crippen molar-refractivity contribution >= 4 is 38.4 Å². The molecule has 1 aromatic rings.